The minimum atomic E-state index is -4.38. The molecular weight excluding hydrogens is 297 g/mol. The minimum Gasteiger partial charge on any atom is -0.326 e. The molecule has 4 saturated carbocycles. The highest BCUT2D eigenvalue weighted by Crippen LogP contribution is 2.61. The molecule has 116 valence electrons. The van der Waals surface area contributed by atoms with Crippen LogP contribution in [-0.2, 0) is 18.1 Å². The molecule has 0 saturated heterocycles. The van der Waals surface area contributed by atoms with Gasteiger partial charge in [-0.1, -0.05) is 0 Å². The minimum absolute atomic E-state index is 0.0706. The first-order valence-electron chi connectivity index (χ1n) is 7.67. The van der Waals surface area contributed by atoms with E-state index in [4.69, 9.17) is 5.73 Å². The van der Waals surface area contributed by atoms with Gasteiger partial charge in [-0.15, -0.1) is 11.3 Å². The Balaban J connectivity index is 1.75. The zero-order chi connectivity index (χ0) is 14.8. The van der Waals surface area contributed by atoms with Crippen molar-refractivity contribution in [1.29, 1.82) is 0 Å². The zero-order valence-corrected chi connectivity index (χ0v) is 12.6. The molecule has 4 aliphatic rings. The fourth-order valence-corrected chi connectivity index (χ4v) is 6.49. The Labute approximate surface area is 125 Å². The second-order valence-corrected chi connectivity index (χ2v) is 8.27. The first kappa shape index (κ1) is 14.0. The molecule has 5 rings (SSSR count). The first-order chi connectivity index (χ1) is 9.89. The maximum absolute atomic E-state index is 13.1. The van der Waals surface area contributed by atoms with Crippen LogP contribution in [-0.4, -0.2) is 4.98 Å². The van der Waals surface area contributed by atoms with Crippen molar-refractivity contribution >= 4 is 11.3 Å². The Morgan fingerprint density at radius 2 is 1.62 bits per heavy atom. The smallest absolute Gasteiger partial charge is 0.326 e. The van der Waals surface area contributed by atoms with Crippen LogP contribution >= 0.6 is 11.3 Å². The topological polar surface area (TPSA) is 38.9 Å². The van der Waals surface area contributed by atoms with Crippen LogP contribution in [0, 0.1) is 17.8 Å². The van der Waals surface area contributed by atoms with E-state index in [0.717, 1.165) is 24.3 Å². The van der Waals surface area contributed by atoms with Gasteiger partial charge in [0, 0.05) is 12.0 Å². The van der Waals surface area contributed by atoms with Crippen molar-refractivity contribution in [2.45, 2.75) is 56.7 Å². The monoisotopic (exact) mass is 316 g/mol. The van der Waals surface area contributed by atoms with E-state index in [9.17, 15) is 13.2 Å². The normalized spacial score (nSPS) is 38.2. The number of halogens is 3. The lowest BCUT2D eigenvalue weighted by Gasteiger charge is -2.56. The van der Waals surface area contributed by atoms with Gasteiger partial charge < -0.3 is 5.73 Å². The molecule has 4 bridgehead atoms. The molecule has 4 fully saturated rings. The average molecular weight is 316 g/mol. The summed E-state index contributed by atoms with van der Waals surface area (Å²) < 4.78 is 39.3. The summed E-state index contributed by atoms with van der Waals surface area (Å²) in [4.78, 5) is 4.26. The van der Waals surface area contributed by atoms with E-state index in [1.807, 2.05) is 0 Å². The van der Waals surface area contributed by atoms with Gasteiger partial charge in [0.15, 0.2) is 5.69 Å². The van der Waals surface area contributed by atoms with Crippen molar-refractivity contribution in [1.82, 2.24) is 4.98 Å². The van der Waals surface area contributed by atoms with Gasteiger partial charge in [0.2, 0.25) is 0 Å². The van der Waals surface area contributed by atoms with Crippen LogP contribution < -0.4 is 5.73 Å². The molecular formula is C15H19F3N2S. The Kier molecular flexibility index (Phi) is 2.96. The summed E-state index contributed by atoms with van der Waals surface area (Å²) in [6.07, 6.45) is 2.56. The average Bonchev–Trinajstić information content (AvgIpc) is 2.81. The molecule has 0 atom stereocenters. The van der Waals surface area contributed by atoms with Crippen molar-refractivity contribution in [2.75, 3.05) is 0 Å². The zero-order valence-electron chi connectivity index (χ0n) is 11.7. The SMILES string of the molecule is NCc1sc(C23CC4CC(CC(C4)C2)C3)nc1C(F)(F)F. The third kappa shape index (κ3) is 2.13. The van der Waals surface area contributed by atoms with Gasteiger partial charge in [-0.25, -0.2) is 4.98 Å². The number of nitrogens with zero attached hydrogens (tertiary/aromatic N) is 1. The van der Waals surface area contributed by atoms with E-state index in [-0.39, 0.29) is 16.8 Å². The van der Waals surface area contributed by atoms with Crippen molar-refractivity contribution in [2.24, 2.45) is 23.5 Å². The molecule has 0 radical (unpaired) electrons. The number of rotatable bonds is 2. The molecule has 1 aromatic rings. The van der Waals surface area contributed by atoms with Crippen LogP contribution in [0.5, 0.6) is 0 Å². The van der Waals surface area contributed by atoms with Gasteiger partial charge in [-0.2, -0.15) is 13.2 Å². The molecule has 4 aliphatic carbocycles. The number of hydrogen-bond donors (Lipinski definition) is 1. The van der Waals surface area contributed by atoms with Crippen LogP contribution in [0.4, 0.5) is 13.2 Å². The van der Waals surface area contributed by atoms with E-state index in [1.165, 1.54) is 30.6 Å². The molecule has 1 heterocycles. The summed E-state index contributed by atoms with van der Waals surface area (Å²) in [5.41, 5.74) is 4.71. The van der Waals surface area contributed by atoms with Crippen molar-refractivity contribution in [3.05, 3.63) is 15.6 Å². The molecule has 0 unspecified atom stereocenters. The highest BCUT2D eigenvalue weighted by molar-refractivity contribution is 7.11. The van der Waals surface area contributed by atoms with Gasteiger partial charge in [0.05, 0.1) is 9.88 Å². The van der Waals surface area contributed by atoms with Gasteiger partial charge >= 0.3 is 6.18 Å². The number of alkyl halides is 3. The van der Waals surface area contributed by atoms with E-state index < -0.39 is 11.9 Å². The predicted octanol–water partition coefficient (Wildman–Crippen LogP) is 4.09. The number of thiazole rings is 1. The van der Waals surface area contributed by atoms with E-state index in [2.05, 4.69) is 4.98 Å². The Hall–Kier alpha value is -0.620. The highest BCUT2D eigenvalue weighted by atomic mass is 32.1. The summed E-state index contributed by atoms with van der Waals surface area (Å²) in [5.74, 6) is 2.11. The lowest BCUT2D eigenvalue weighted by Crippen LogP contribution is -2.48. The summed E-state index contributed by atoms with van der Waals surface area (Å²) in [7, 11) is 0. The van der Waals surface area contributed by atoms with Crippen LogP contribution in [0.2, 0.25) is 0 Å². The molecule has 0 amide bonds. The van der Waals surface area contributed by atoms with Gasteiger partial charge in [0.1, 0.15) is 0 Å². The van der Waals surface area contributed by atoms with Gasteiger partial charge in [-0.05, 0) is 56.3 Å². The summed E-state index contributed by atoms with van der Waals surface area (Å²) in [6.45, 7) is -0.0706. The summed E-state index contributed by atoms with van der Waals surface area (Å²) in [5, 5.41) is 0.717. The van der Waals surface area contributed by atoms with Crippen molar-refractivity contribution in [3.8, 4) is 0 Å². The molecule has 2 nitrogen and oxygen atoms in total. The fourth-order valence-electron chi connectivity index (χ4n) is 5.31. The van der Waals surface area contributed by atoms with Gasteiger partial charge in [-0.3, -0.25) is 0 Å². The largest absolute Gasteiger partial charge is 0.434 e. The standard InChI is InChI=1S/C15H19F3N2S/c16-15(17,18)12-11(7-19)21-13(20-12)14-4-8-1-9(5-14)3-10(2-8)6-14/h8-10H,1-7,19H2. The fraction of sp³-hybridized carbons (Fsp3) is 0.800. The maximum Gasteiger partial charge on any atom is 0.434 e. The first-order valence-corrected chi connectivity index (χ1v) is 8.49. The van der Waals surface area contributed by atoms with Gasteiger partial charge in [0.25, 0.3) is 0 Å². The Bertz CT molecular complexity index is 528. The molecule has 1 aromatic heterocycles. The van der Waals surface area contributed by atoms with E-state index in [1.54, 1.807) is 0 Å². The number of aromatic nitrogens is 1. The molecule has 6 heteroatoms. The van der Waals surface area contributed by atoms with E-state index >= 15 is 0 Å². The Morgan fingerprint density at radius 1 is 1.10 bits per heavy atom. The van der Waals surface area contributed by atoms with Crippen LogP contribution in [0.15, 0.2) is 0 Å². The molecule has 21 heavy (non-hydrogen) atoms. The predicted molar refractivity (Wildman–Crippen MR) is 74.9 cm³/mol. The quantitative estimate of drug-likeness (QED) is 0.892. The van der Waals surface area contributed by atoms with Crippen LogP contribution in [0.25, 0.3) is 0 Å². The molecule has 0 aromatic carbocycles. The number of nitrogens with two attached hydrogens (primary N) is 1. The number of hydrogen-bond acceptors (Lipinski definition) is 3. The highest BCUT2D eigenvalue weighted by Gasteiger charge is 2.53. The third-order valence-electron chi connectivity index (χ3n) is 5.64. The molecule has 2 N–H and O–H groups in total. The molecule has 0 spiro atoms. The molecule has 0 aliphatic heterocycles. The second-order valence-electron chi connectivity index (χ2n) is 7.19. The van der Waals surface area contributed by atoms with E-state index in [0.29, 0.717) is 17.8 Å². The van der Waals surface area contributed by atoms with Crippen LogP contribution in [0.3, 0.4) is 0 Å². The Morgan fingerprint density at radius 3 is 2.00 bits per heavy atom. The summed E-state index contributed by atoms with van der Waals surface area (Å²) >= 11 is 1.22. The second kappa shape index (κ2) is 4.44. The summed E-state index contributed by atoms with van der Waals surface area (Å²) in [6, 6.07) is 0. The van der Waals surface area contributed by atoms with Crippen molar-refractivity contribution in [3.63, 3.8) is 0 Å². The van der Waals surface area contributed by atoms with Crippen LogP contribution in [0.1, 0.15) is 54.1 Å². The lowest BCUT2D eigenvalue weighted by molar-refractivity contribution is -0.141. The third-order valence-corrected chi connectivity index (χ3v) is 6.97. The maximum atomic E-state index is 13.1. The lowest BCUT2D eigenvalue weighted by atomic mass is 9.50. The van der Waals surface area contributed by atoms with Crippen molar-refractivity contribution < 1.29 is 13.2 Å².